The number of halogens is 1. The average molecular weight is 390 g/mol. The first-order valence-corrected chi connectivity index (χ1v) is 9.25. The van der Waals surface area contributed by atoms with Crippen molar-refractivity contribution < 1.29 is 19.1 Å². The Bertz CT molecular complexity index is 835. The maximum Gasteiger partial charge on any atom is 0.339 e. The molecule has 144 valence electrons. The van der Waals surface area contributed by atoms with Crippen molar-refractivity contribution >= 4 is 29.2 Å². The van der Waals surface area contributed by atoms with E-state index in [1.165, 1.54) is 12.1 Å². The predicted molar refractivity (Wildman–Crippen MR) is 107 cm³/mol. The highest BCUT2D eigenvalue weighted by atomic mass is 35.5. The molecule has 0 spiro atoms. The lowest BCUT2D eigenvalue weighted by atomic mass is 10.1. The fraction of sp³-hybridized carbons (Fsp3) is 0.333. The smallest absolute Gasteiger partial charge is 0.339 e. The van der Waals surface area contributed by atoms with E-state index in [1.807, 2.05) is 39.0 Å². The summed E-state index contributed by atoms with van der Waals surface area (Å²) >= 11 is 6.14. The zero-order valence-corrected chi connectivity index (χ0v) is 16.7. The van der Waals surface area contributed by atoms with Crippen molar-refractivity contribution in [2.75, 3.05) is 11.9 Å². The largest absolute Gasteiger partial charge is 0.480 e. The van der Waals surface area contributed by atoms with Crippen LogP contribution in [0.2, 0.25) is 5.02 Å². The maximum absolute atomic E-state index is 12.6. The quantitative estimate of drug-likeness (QED) is 0.682. The van der Waals surface area contributed by atoms with Crippen molar-refractivity contribution in [1.29, 1.82) is 0 Å². The predicted octanol–water partition coefficient (Wildman–Crippen LogP) is 4.93. The number of ether oxygens (including phenoxy) is 2. The summed E-state index contributed by atoms with van der Waals surface area (Å²) in [7, 11) is 0. The van der Waals surface area contributed by atoms with Gasteiger partial charge in [0.25, 0.3) is 5.91 Å². The maximum atomic E-state index is 12.6. The van der Waals surface area contributed by atoms with Crippen molar-refractivity contribution in [2.45, 2.75) is 40.2 Å². The molecule has 2 aromatic carbocycles. The lowest BCUT2D eigenvalue weighted by molar-refractivity contribution is -0.122. The van der Waals surface area contributed by atoms with Gasteiger partial charge in [0.2, 0.25) is 0 Å². The zero-order valence-electron chi connectivity index (χ0n) is 16.0. The molecule has 6 heteroatoms. The van der Waals surface area contributed by atoms with E-state index in [2.05, 4.69) is 5.32 Å². The number of esters is 1. The summed E-state index contributed by atoms with van der Waals surface area (Å²) in [5.74, 6) is -0.0869. The van der Waals surface area contributed by atoms with Crippen molar-refractivity contribution in [2.24, 2.45) is 0 Å². The molecular formula is C21H24ClNO4. The number of benzene rings is 2. The van der Waals surface area contributed by atoms with Crippen LogP contribution in [0, 0.1) is 13.8 Å². The Labute approximate surface area is 164 Å². The van der Waals surface area contributed by atoms with Crippen molar-refractivity contribution in [3.8, 4) is 5.75 Å². The van der Waals surface area contributed by atoms with Gasteiger partial charge in [-0.2, -0.15) is 0 Å². The molecule has 1 N–H and O–H groups in total. The molecule has 27 heavy (non-hydrogen) atoms. The molecule has 0 aromatic heterocycles. The molecule has 0 aliphatic heterocycles. The van der Waals surface area contributed by atoms with Crippen LogP contribution in [0.5, 0.6) is 5.75 Å². The number of aryl methyl sites for hydroxylation is 1. The van der Waals surface area contributed by atoms with Gasteiger partial charge in [0.1, 0.15) is 5.75 Å². The van der Waals surface area contributed by atoms with Gasteiger partial charge in [0.05, 0.1) is 17.2 Å². The molecule has 0 saturated carbocycles. The number of hydrogen-bond acceptors (Lipinski definition) is 4. The van der Waals surface area contributed by atoms with Crippen LogP contribution in [0.3, 0.4) is 0 Å². The Kier molecular flexibility index (Phi) is 7.25. The van der Waals surface area contributed by atoms with Gasteiger partial charge in [-0.3, -0.25) is 4.79 Å². The first-order chi connectivity index (χ1) is 12.9. The Morgan fingerprint density at radius 3 is 2.52 bits per heavy atom. The van der Waals surface area contributed by atoms with Crippen LogP contribution >= 0.6 is 11.6 Å². The Morgan fingerprint density at radius 2 is 1.89 bits per heavy atom. The highest BCUT2D eigenvalue weighted by Crippen LogP contribution is 2.24. The molecule has 0 radical (unpaired) electrons. The molecule has 1 amide bonds. The van der Waals surface area contributed by atoms with Gasteiger partial charge in [-0.1, -0.05) is 30.7 Å². The third kappa shape index (κ3) is 5.23. The van der Waals surface area contributed by atoms with Crippen molar-refractivity contribution in [3.05, 3.63) is 58.1 Å². The van der Waals surface area contributed by atoms with Crippen molar-refractivity contribution in [1.82, 2.24) is 0 Å². The summed E-state index contributed by atoms with van der Waals surface area (Å²) in [5, 5.41) is 3.00. The van der Waals surface area contributed by atoms with Crippen LogP contribution in [-0.4, -0.2) is 24.6 Å². The lowest BCUT2D eigenvalue weighted by Gasteiger charge is -2.19. The Morgan fingerprint density at radius 1 is 1.15 bits per heavy atom. The molecule has 1 unspecified atom stereocenters. The van der Waals surface area contributed by atoms with Gasteiger partial charge < -0.3 is 14.8 Å². The summed E-state index contributed by atoms with van der Waals surface area (Å²) in [6.45, 7) is 7.83. The second-order valence-electron chi connectivity index (χ2n) is 6.12. The van der Waals surface area contributed by atoms with E-state index in [0.29, 0.717) is 17.9 Å². The molecule has 5 nitrogen and oxygen atoms in total. The molecule has 0 saturated heterocycles. The number of amides is 1. The van der Waals surface area contributed by atoms with Crippen LogP contribution in [0.15, 0.2) is 36.4 Å². The highest BCUT2D eigenvalue weighted by molar-refractivity contribution is 6.34. The second-order valence-corrected chi connectivity index (χ2v) is 6.52. The van der Waals surface area contributed by atoms with Crippen LogP contribution < -0.4 is 10.1 Å². The topological polar surface area (TPSA) is 64.6 Å². The highest BCUT2D eigenvalue weighted by Gasteiger charge is 2.20. The fourth-order valence-electron chi connectivity index (χ4n) is 2.52. The summed E-state index contributed by atoms with van der Waals surface area (Å²) in [5.41, 5.74) is 2.85. The minimum absolute atomic E-state index is 0.217. The summed E-state index contributed by atoms with van der Waals surface area (Å²) < 4.78 is 10.9. The normalized spacial score (nSPS) is 11.6. The SMILES string of the molecule is CCOC(=O)c1ccc(NC(=O)C(CC)Oc2cccc(C)c2C)cc1Cl. The van der Waals surface area contributed by atoms with E-state index in [-0.39, 0.29) is 23.1 Å². The van der Waals surface area contributed by atoms with Crippen LogP contribution in [0.25, 0.3) is 0 Å². The third-order valence-corrected chi connectivity index (χ3v) is 4.53. The first kappa shape index (κ1) is 20.8. The molecule has 0 fully saturated rings. The van der Waals surface area contributed by atoms with E-state index in [1.54, 1.807) is 13.0 Å². The monoisotopic (exact) mass is 389 g/mol. The second kappa shape index (κ2) is 9.42. The number of rotatable bonds is 7. The number of nitrogens with one attached hydrogen (secondary N) is 1. The van der Waals surface area contributed by atoms with E-state index < -0.39 is 12.1 Å². The van der Waals surface area contributed by atoms with Crippen LogP contribution in [0.4, 0.5) is 5.69 Å². The summed E-state index contributed by atoms with van der Waals surface area (Å²) in [6.07, 6.45) is -0.137. The molecule has 2 rings (SSSR count). The lowest BCUT2D eigenvalue weighted by Crippen LogP contribution is -2.32. The van der Waals surface area contributed by atoms with Gasteiger partial charge in [-0.05, 0) is 62.6 Å². The molecular weight excluding hydrogens is 366 g/mol. The third-order valence-electron chi connectivity index (χ3n) is 4.22. The molecule has 2 aromatic rings. The number of carbonyl (C=O) groups excluding carboxylic acids is 2. The van der Waals surface area contributed by atoms with Crippen LogP contribution in [0.1, 0.15) is 41.8 Å². The number of anilines is 1. The molecule has 0 aliphatic rings. The van der Waals surface area contributed by atoms with E-state index >= 15 is 0 Å². The minimum atomic E-state index is -0.644. The van der Waals surface area contributed by atoms with Gasteiger partial charge in [-0.25, -0.2) is 4.79 Å². The summed E-state index contributed by atoms with van der Waals surface area (Å²) in [6, 6.07) is 10.4. The van der Waals surface area contributed by atoms with E-state index in [4.69, 9.17) is 21.1 Å². The van der Waals surface area contributed by atoms with Gasteiger partial charge in [-0.15, -0.1) is 0 Å². The Hall–Kier alpha value is -2.53. The Balaban J connectivity index is 2.11. The minimum Gasteiger partial charge on any atom is -0.480 e. The van der Waals surface area contributed by atoms with E-state index in [9.17, 15) is 9.59 Å². The first-order valence-electron chi connectivity index (χ1n) is 8.87. The zero-order chi connectivity index (χ0) is 20.0. The van der Waals surface area contributed by atoms with Gasteiger partial charge >= 0.3 is 5.97 Å². The molecule has 0 heterocycles. The number of hydrogen-bond donors (Lipinski definition) is 1. The standard InChI is InChI=1S/C21H24ClNO4/c1-5-18(27-19-9-7-8-13(3)14(19)4)20(24)23-15-10-11-16(17(22)12-15)21(25)26-6-2/h7-12,18H,5-6H2,1-4H3,(H,23,24). The van der Waals surface area contributed by atoms with Gasteiger partial charge in [0, 0.05) is 5.69 Å². The average Bonchev–Trinajstić information content (AvgIpc) is 2.63. The fourth-order valence-corrected chi connectivity index (χ4v) is 2.78. The summed E-state index contributed by atoms with van der Waals surface area (Å²) in [4.78, 5) is 24.4. The van der Waals surface area contributed by atoms with Crippen molar-refractivity contribution in [3.63, 3.8) is 0 Å². The molecule has 0 bridgehead atoms. The molecule has 1 atom stereocenters. The molecule has 0 aliphatic carbocycles. The van der Waals surface area contributed by atoms with Crippen LogP contribution in [-0.2, 0) is 9.53 Å². The number of carbonyl (C=O) groups is 2. The van der Waals surface area contributed by atoms with E-state index in [0.717, 1.165) is 11.1 Å². The van der Waals surface area contributed by atoms with Gasteiger partial charge in [0.15, 0.2) is 6.10 Å².